The van der Waals surface area contributed by atoms with Gasteiger partial charge in [0.15, 0.2) is 5.78 Å². The molecule has 2 atom stereocenters. The second-order valence-corrected chi connectivity index (χ2v) is 17.4. The average molecular weight is 760 g/mol. The van der Waals surface area contributed by atoms with Crippen LogP contribution in [-0.4, -0.2) is 77.6 Å². The Morgan fingerprint density at radius 1 is 0.769 bits per heavy atom. The van der Waals surface area contributed by atoms with Crippen molar-refractivity contribution in [3.63, 3.8) is 0 Å². The molecule has 1 heterocycles. The Balaban J connectivity index is 1.44. The number of hydrogen-bond donors (Lipinski definition) is 4. The Hall–Kier alpha value is -3.53. The maximum absolute atomic E-state index is 13.7. The van der Waals surface area contributed by atoms with E-state index < -0.39 is 31.8 Å². The summed E-state index contributed by atoms with van der Waals surface area (Å²) in [7, 11) is -6.86. The van der Waals surface area contributed by atoms with Gasteiger partial charge in [-0.05, 0) is 104 Å². The topological polar surface area (TPSA) is 170 Å². The molecular formula is C38H50FN3O8S2. The van der Waals surface area contributed by atoms with Crippen LogP contribution in [0.2, 0.25) is 0 Å². The number of carbonyl (C=O) groups is 2. The van der Waals surface area contributed by atoms with E-state index in [1.165, 1.54) is 24.3 Å². The zero-order valence-electron chi connectivity index (χ0n) is 29.7. The van der Waals surface area contributed by atoms with Crippen LogP contribution < -0.4 is 14.3 Å². The van der Waals surface area contributed by atoms with Gasteiger partial charge >= 0.3 is 0 Å². The van der Waals surface area contributed by atoms with E-state index in [1.54, 1.807) is 4.90 Å². The minimum Gasteiger partial charge on any atom is -0.396 e. The van der Waals surface area contributed by atoms with Crippen molar-refractivity contribution in [3.05, 3.63) is 101 Å². The summed E-state index contributed by atoms with van der Waals surface area (Å²) >= 11 is 0. The number of aliphatic hydroxyl groups is 2. The normalized spacial score (nSPS) is 16.4. The van der Waals surface area contributed by atoms with E-state index in [4.69, 9.17) is 0 Å². The Morgan fingerprint density at radius 3 is 1.77 bits per heavy atom. The Morgan fingerprint density at radius 2 is 1.27 bits per heavy atom. The molecule has 52 heavy (non-hydrogen) atoms. The Bertz CT molecular complexity index is 1800. The highest BCUT2D eigenvalue weighted by Crippen LogP contribution is 2.46. The summed E-state index contributed by atoms with van der Waals surface area (Å²) in [5.41, 5.74) is 4.16. The van der Waals surface area contributed by atoms with E-state index in [1.807, 2.05) is 48.5 Å². The standard InChI is InChI=1S/C38H50FN3O8S2/c1-51(47,48)40-23-29(24-41-52(2,49)50)7-3-5-28-11-19-34(20-12-28)42-37(32-13-9-27(10-14-32)6-4-8-30(25-43)26-44)35(38(42)46)21-22-36(45)31-15-17-33(39)18-16-31/h9-20,29-30,35,37,40-41,43-44H,3-8,21-26H2,1-2H3/t35-,37-/m1/s1. The first-order valence-electron chi connectivity index (χ1n) is 17.6. The first-order valence-corrected chi connectivity index (χ1v) is 21.4. The summed E-state index contributed by atoms with van der Waals surface area (Å²) in [4.78, 5) is 28.4. The fourth-order valence-corrected chi connectivity index (χ4v) is 7.59. The Labute approximate surface area is 306 Å². The number of sulfonamides is 2. The molecule has 284 valence electrons. The lowest BCUT2D eigenvalue weighted by Gasteiger charge is -2.47. The summed E-state index contributed by atoms with van der Waals surface area (Å²) in [5.74, 6) is -1.47. The van der Waals surface area contributed by atoms with Crippen molar-refractivity contribution in [2.24, 2.45) is 17.8 Å². The van der Waals surface area contributed by atoms with Crippen LogP contribution in [0.1, 0.15) is 71.6 Å². The second-order valence-electron chi connectivity index (χ2n) is 13.8. The summed E-state index contributed by atoms with van der Waals surface area (Å²) in [6.07, 6.45) is 6.83. The maximum atomic E-state index is 13.7. The molecule has 14 heteroatoms. The number of aliphatic hydroxyl groups excluding tert-OH is 2. The smallest absolute Gasteiger partial charge is 0.233 e. The van der Waals surface area contributed by atoms with Crippen LogP contribution in [0, 0.1) is 23.6 Å². The number of Topliss-reactive ketones (excluding diaryl/α,β-unsaturated/α-hetero) is 1. The molecule has 1 aliphatic heterocycles. The fraction of sp³-hybridized carbons (Fsp3) is 0.474. The molecule has 1 saturated heterocycles. The van der Waals surface area contributed by atoms with Crippen LogP contribution in [0.3, 0.4) is 0 Å². The number of amides is 1. The number of anilines is 1. The highest BCUT2D eigenvalue weighted by molar-refractivity contribution is 7.89. The molecule has 11 nitrogen and oxygen atoms in total. The summed E-state index contributed by atoms with van der Waals surface area (Å²) in [6, 6.07) is 20.8. The number of β-lactam (4-membered cyclic amide) rings is 1. The van der Waals surface area contributed by atoms with Crippen molar-refractivity contribution in [1.82, 2.24) is 9.44 Å². The molecule has 0 saturated carbocycles. The van der Waals surface area contributed by atoms with Gasteiger partial charge in [0, 0.05) is 49.9 Å². The van der Waals surface area contributed by atoms with Crippen molar-refractivity contribution in [2.75, 3.05) is 43.7 Å². The van der Waals surface area contributed by atoms with Crippen LogP contribution in [0.4, 0.5) is 10.1 Å². The lowest BCUT2D eigenvalue weighted by atomic mass is 9.78. The largest absolute Gasteiger partial charge is 0.396 e. The quantitative estimate of drug-likeness (QED) is 0.0875. The number of nitrogens with zero attached hydrogens (tertiary/aromatic N) is 1. The molecular weight excluding hydrogens is 710 g/mol. The highest BCUT2D eigenvalue weighted by atomic mass is 32.2. The van der Waals surface area contributed by atoms with Gasteiger partial charge in [0.2, 0.25) is 26.0 Å². The third-order valence-corrected chi connectivity index (χ3v) is 10.9. The number of nitrogens with one attached hydrogen (secondary N) is 2. The summed E-state index contributed by atoms with van der Waals surface area (Å²) in [6.45, 7) is 0.127. The maximum Gasteiger partial charge on any atom is 0.233 e. The van der Waals surface area contributed by atoms with E-state index in [0.29, 0.717) is 37.7 Å². The van der Waals surface area contributed by atoms with Crippen molar-refractivity contribution in [2.45, 2.75) is 57.4 Å². The SMILES string of the molecule is CS(=O)(=O)NCC(CCCc1ccc(N2C(=O)[C@H](CCC(=O)c3ccc(F)cc3)[C@H]2c2ccc(CCCC(CO)CO)cc2)cc1)CNS(C)(=O)=O. The molecule has 0 radical (unpaired) electrons. The van der Waals surface area contributed by atoms with Gasteiger partial charge in [-0.1, -0.05) is 36.4 Å². The third kappa shape index (κ3) is 12.6. The third-order valence-electron chi connectivity index (χ3n) is 9.54. The zero-order valence-corrected chi connectivity index (χ0v) is 31.3. The number of ketones is 1. The molecule has 4 N–H and O–H groups in total. The van der Waals surface area contributed by atoms with Crippen LogP contribution in [-0.2, 0) is 37.7 Å². The average Bonchev–Trinajstić information content (AvgIpc) is 3.10. The van der Waals surface area contributed by atoms with E-state index in [2.05, 4.69) is 9.44 Å². The lowest BCUT2D eigenvalue weighted by Crippen LogP contribution is -2.55. The lowest BCUT2D eigenvalue weighted by molar-refractivity contribution is -0.130. The van der Waals surface area contributed by atoms with Crippen molar-refractivity contribution in [1.29, 1.82) is 0 Å². The number of rotatable bonds is 22. The van der Waals surface area contributed by atoms with Crippen LogP contribution in [0.5, 0.6) is 0 Å². The number of halogens is 1. The molecule has 3 aromatic carbocycles. The van der Waals surface area contributed by atoms with Gasteiger partial charge in [-0.2, -0.15) is 0 Å². The van der Waals surface area contributed by atoms with Crippen LogP contribution in [0.25, 0.3) is 0 Å². The monoisotopic (exact) mass is 759 g/mol. The predicted molar refractivity (Wildman–Crippen MR) is 199 cm³/mol. The molecule has 1 aliphatic rings. The predicted octanol–water partition coefficient (Wildman–Crippen LogP) is 4.15. The zero-order chi connectivity index (χ0) is 37.9. The van der Waals surface area contributed by atoms with Gasteiger partial charge in [0.05, 0.1) is 24.5 Å². The van der Waals surface area contributed by atoms with E-state index >= 15 is 0 Å². The minimum atomic E-state index is -3.43. The number of aryl methyl sites for hydroxylation is 2. The van der Waals surface area contributed by atoms with Crippen LogP contribution >= 0.6 is 0 Å². The molecule has 0 bridgehead atoms. The number of carbonyl (C=O) groups excluding carboxylic acids is 2. The molecule has 0 unspecified atom stereocenters. The molecule has 0 aromatic heterocycles. The van der Waals surface area contributed by atoms with Gasteiger partial charge < -0.3 is 15.1 Å². The van der Waals surface area contributed by atoms with Crippen molar-refractivity contribution in [3.8, 4) is 0 Å². The van der Waals surface area contributed by atoms with Crippen LogP contribution in [0.15, 0.2) is 72.8 Å². The molecule has 1 fully saturated rings. The molecule has 1 amide bonds. The van der Waals surface area contributed by atoms with Gasteiger partial charge in [0.1, 0.15) is 5.82 Å². The minimum absolute atomic E-state index is 0.0521. The van der Waals surface area contributed by atoms with Gasteiger partial charge in [0.25, 0.3) is 0 Å². The Kier molecular flexibility index (Phi) is 15.1. The van der Waals surface area contributed by atoms with Gasteiger partial charge in [-0.15, -0.1) is 0 Å². The first-order chi connectivity index (χ1) is 24.7. The van der Waals surface area contributed by atoms with Crippen molar-refractivity contribution >= 4 is 37.4 Å². The van der Waals surface area contributed by atoms with Crippen molar-refractivity contribution < 1.29 is 41.0 Å². The van der Waals surface area contributed by atoms with E-state index in [-0.39, 0.29) is 62.3 Å². The van der Waals surface area contributed by atoms with Gasteiger partial charge in [-0.25, -0.2) is 30.7 Å². The summed E-state index contributed by atoms with van der Waals surface area (Å²) < 4.78 is 64.8. The molecule has 3 aromatic rings. The fourth-order valence-electron chi connectivity index (χ4n) is 6.52. The first kappa shape index (κ1) is 41.2. The van der Waals surface area contributed by atoms with Gasteiger partial charge in [-0.3, -0.25) is 9.59 Å². The van der Waals surface area contributed by atoms with E-state index in [9.17, 15) is 41.0 Å². The molecule has 0 spiro atoms. The summed E-state index contributed by atoms with van der Waals surface area (Å²) in [5, 5.41) is 18.7. The number of hydrogen-bond acceptors (Lipinski definition) is 8. The second kappa shape index (κ2) is 19.0. The molecule has 0 aliphatic carbocycles. The highest BCUT2D eigenvalue weighted by Gasteiger charge is 2.48. The number of benzene rings is 3. The van der Waals surface area contributed by atoms with E-state index in [0.717, 1.165) is 47.7 Å². The molecule has 4 rings (SSSR count).